The number of amides is 2. The molecule has 0 saturated carbocycles. The summed E-state index contributed by atoms with van der Waals surface area (Å²) in [6, 6.07) is 18.8. The molecule has 3 rings (SSSR count). The number of anilines is 1. The standard InChI is InChI=1S/C23H30N2O/c1-23(2,3)20-12-14-21(15-13-20)24-22(26)25-16-8-7-11-19(17-25)18-9-5-4-6-10-18/h4-6,9-10,12-15,19H,7-8,11,16-17H2,1-3H3,(H,24,26). The van der Waals surface area contributed by atoms with Crippen molar-refractivity contribution in [3.63, 3.8) is 0 Å². The summed E-state index contributed by atoms with van der Waals surface area (Å²) in [7, 11) is 0. The molecule has 0 radical (unpaired) electrons. The first-order chi connectivity index (χ1) is 12.4. The Labute approximate surface area is 157 Å². The third kappa shape index (κ3) is 4.66. The first-order valence-corrected chi connectivity index (χ1v) is 9.65. The fourth-order valence-corrected chi connectivity index (χ4v) is 3.58. The third-order valence-electron chi connectivity index (χ3n) is 5.23. The molecule has 3 nitrogen and oxygen atoms in total. The van der Waals surface area contributed by atoms with Gasteiger partial charge < -0.3 is 10.2 Å². The molecule has 0 bridgehead atoms. The van der Waals surface area contributed by atoms with Crippen LogP contribution < -0.4 is 5.32 Å². The van der Waals surface area contributed by atoms with E-state index in [1.807, 2.05) is 23.1 Å². The molecule has 1 atom stereocenters. The van der Waals surface area contributed by atoms with Crippen LogP contribution >= 0.6 is 0 Å². The summed E-state index contributed by atoms with van der Waals surface area (Å²) in [5, 5.41) is 3.08. The van der Waals surface area contributed by atoms with Gasteiger partial charge in [0.2, 0.25) is 0 Å². The highest BCUT2D eigenvalue weighted by Gasteiger charge is 2.23. The molecule has 138 valence electrons. The van der Waals surface area contributed by atoms with Gasteiger partial charge in [-0.15, -0.1) is 0 Å². The van der Waals surface area contributed by atoms with Crippen molar-refractivity contribution in [1.29, 1.82) is 0 Å². The average Bonchev–Trinajstić information content (AvgIpc) is 2.88. The molecular formula is C23H30N2O. The van der Waals surface area contributed by atoms with Crippen LogP contribution in [-0.2, 0) is 5.41 Å². The van der Waals surface area contributed by atoms with Crippen molar-refractivity contribution in [3.8, 4) is 0 Å². The number of carbonyl (C=O) groups excluding carboxylic acids is 1. The molecule has 1 unspecified atom stereocenters. The second-order valence-corrected chi connectivity index (χ2v) is 8.31. The maximum absolute atomic E-state index is 12.8. The molecule has 2 amide bonds. The summed E-state index contributed by atoms with van der Waals surface area (Å²) in [5.74, 6) is 0.424. The van der Waals surface area contributed by atoms with Gasteiger partial charge in [-0.25, -0.2) is 4.79 Å². The lowest BCUT2D eigenvalue weighted by Crippen LogP contribution is -2.37. The van der Waals surface area contributed by atoms with Crippen molar-refractivity contribution in [3.05, 3.63) is 65.7 Å². The molecule has 3 heteroatoms. The van der Waals surface area contributed by atoms with Crippen molar-refractivity contribution in [2.24, 2.45) is 0 Å². The maximum Gasteiger partial charge on any atom is 0.321 e. The average molecular weight is 351 g/mol. The third-order valence-corrected chi connectivity index (χ3v) is 5.23. The number of likely N-dealkylation sites (tertiary alicyclic amines) is 1. The van der Waals surface area contributed by atoms with Gasteiger partial charge in [0.25, 0.3) is 0 Å². The first kappa shape index (κ1) is 18.5. The highest BCUT2D eigenvalue weighted by atomic mass is 16.2. The number of urea groups is 1. The van der Waals surface area contributed by atoms with Gasteiger partial charge in [0.05, 0.1) is 0 Å². The highest BCUT2D eigenvalue weighted by molar-refractivity contribution is 5.89. The molecule has 1 heterocycles. The summed E-state index contributed by atoms with van der Waals surface area (Å²) in [6.07, 6.45) is 3.39. The van der Waals surface area contributed by atoms with Crippen LogP contribution in [0, 0.1) is 0 Å². The molecule has 0 spiro atoms. The van der Waals surface area contributed by atoms with Crippen molar-refractivity contribution in [1.82, 2.24) is 4.90 Å². The zero-order valence-electron chi connectivity index (χ0n) is 16.2. The van der Waals surface area contributed by atoms with Crippen molar-refractivity contribution in [2.75, 3.05) is 18.4 Å². The van der Waals surface area contributed by atoms with Gasteiger partial charge in [-0.2, -0.15) is 0 Å². The van der Waals surface area contributed by atoms with E-state index in [2.05, 4.69) is 62.5 Å². The smallest absolute Gasteiger partial charge is 0.321 e. The molecule has 0 aromatic heterocycles. The van der Waals surface area contributed by atoms with Crippen LogP contribution in [-0.4, -0.2) is 24.0 Å². The van der Waals surface area contributed by atoms with Crippen LogP contribution in [0.2, 0.25) is 0 Å². The lowest BCUT2D eigenvalue weighted by atomic mass is 9.87. The van der Waals surface area contributed by atoms with Gasteiger partial charge in [0.15, 0.2) is 0 Å². The predicted octanol–water partition coefficient (Wildman–Crippen LogP) is 5.79. The quantitative estimate of drug-likeness (QED) is 0.731. The molecule has 26 heavy (non-hydrogen) atoms. The highest BCUT2D eigenvalue weighted by Crippen LogP contribution is 2.27. The van der Waals surface area contributed by atoms with Crippen LogP contribution in [0.4, 0.5) is 10.5 Å². The molecule has 2 aromatic rings. The van der Waals surface area contributed by atoms with Crippen molar-refractivity contribution >= 4 is 11.7 Å². The number of hydrogen-bond donors (Lipinski definition) is 1. The lowest BCUT2D eigenvalue weighted by Gasteiger charge is -2.25. The Morgan fingerprint density at radius 2 is 1.69 bits per heavy atom. The number of hydrogen-bond acceptors (Lipinski definition) is 1. The van der Waals surface area contributed by atoms with E-state index in [1.165, 1.54) is 17.5 Å². The molecule has 1 aliphatic rings. The van der Waals surface area contributed by atoms with Crippen molar-refractivity contribution < 1.29 is 4.79 Å². The normalized spacial score (nSPS) is 18.3. The van der Waals surface area contributed by atoms with Crippen LogP contribution in [0.15, 0.2) is 54.6 Å². The Morgan fingerprint density at radius 1 is 1.00 bits per heavy atom. The van der Waals surface area contributed by atoms with Crippen LogP contribution in [0.3, 0.4) is 0 Å². The molecule has 1 saturated heterocycles. The van der Waals surface area contributed by atoms with Gasteiger partial charge in [-0.05, 0) is 41.5 Å². The molecule has 0 aliphatic carbocycles. The maximum atomic E-state index is 12.8. The number of benzene rings is 2. The second-order valence-electron chi connectivity index (χ2n) is 8.31. The molecular weight excluding hydrogens is 320 g/mol. The minimum absolute atomic E-state index is 0.0105. The van der Waals surface area contributed by atoms with E-state index < -0.39 is 0 Å². The van der Waals surface area contributed by atoms with E-state index in [9.17, 15) is 4.79 Å². The zero-order valence-corrected chi connectivity index (χ0v) is 16.2. The Balaban J connectivity index is 1.66. The Hall–Kier alpha value is -2.29. The van der Waals surface area contributed by atoms with E-state index in [4.69, 9.17) is 0 Å². The zero-order chi connectivity index (χ0) is 18.6. The summed E-state index contributed by atoms with van der Waals surface area (Å²) in [5.41, 5.74) is 3.59. The Morgan fingerprint density at radius 3 is 2.35 bits per heavy atom. The van der Waals surface area contributed by atoms with E-state index in [0.29, 0.717) is 5.92 Å². The van der Waals surface area contributed by atoms with Crippen molar-refractivity contribution in [2.45, 2.75) is 51.4 Å². The van der Waals surface area contributed by atoms with Crippen LogP contribution in [0.5, 0.6) is 0 Å². The fraction of sp³-hybridized carbons (Fsp3) is 0.435. The Kier molecular flexibility index (Phi) is 5.65. The van der Waals surface area contributed by atoms with E-state index in [1.54, 1.807) is 0 Å². The monoisotopic (exact) mass is 350 g/mol. The van der Waals surface area contributed by atoms with Gasteiger partial charge in [-0.1, -0.05) is 69.7 Å². The summed E-state index contributed by atoms with van der Waals surface area (Å²) < 4.78 is 0. The summed E-state index contributed by atoms with van der Waals surface area (Å²) in [6.45, 7) is 8.20. The number of carbonyl (C=O) groups is 1. The van der Waals surface area contributed by atoms with E-state index >= 15 is 0 Å². The minimum Gasteiger partial charge on any atom is -0.324 e. The Bertz CT molecular complexity index is 716. The second kappa shape index (κ2) is 7.94. The predicted molar refractivity (Wildman–Crippen MR) is 109 cm³/mol. The molecule has 1 fully saturated rings. The fourth-order valence-electron chi connectivity index (χ4n) is 3.58. The first-order valence-electron chi connectivity index (χ1n) is 9.65. The van der Waals surface area contributed by atoms with E-state index in [0.717, 1.165) is 31.6 Å². The van der Waals surface area contributed by atoms with Crippen LogP contribution in [0.1, 0.15) is 57.1 Å². The number of rotatable bonds is 2. The summed E-state index contributed by atoms with van der Waals surface area (Å²) in [4.78, 5) is 14.8. The van der Waals surface area contributed by atoms with E-state index in [-0.39, 0.29) is 11.4 Å². The van der Waals surface area contributed by atoms with Gasteiger partial charge in [-0.3, -0.25) is 0 Å². The van der Waals surface area contributed by atoms with Crippen LogP contribution in [0.25, 0.3) is 0 Å². The van der Waals surface area contributed by atoms with Gasteiger partial charge in [0, 0.05) is 24.7 Å². The SMILES string of the molecule is CC(C)(C)c1ccc(NC(=O)N2CCCCC(c3ccccc3)C2)cc1. The largest absolute Gasteiger partial charge is 0.324 e. The number of nitrogens with one attached hydrogen (secondary N) is 1. The summed E-state index contributed by atoms with van der Waals surface area (Å²) >= 11 is 0. The molecule has 2 aromatic carbocycles. The van der Waals surface area contributed by atoms with Gasteiger partial charge >= 0.3 is 6.03 Å². The van der Waals surface area contributed by atoms with Gasteiger partial charge in [0.1, 0.15) is 0 Å². The molecule has 1 aliphatic heterocycles. The number of nitrogens with zero attached hydrogens (tertiary/aromatic N) is 1. The topological polar surface area (TPSA) is 32.3 Å². The molecule has 1 N–H and O–H groups in total. The minimum atomic E-state index is 0.0105. The lowest BCUT2D eigenvalue weighted by molar-refractivity contribution is 0.211.